The molecule has 0 spiro atoms. The van der Waals surface area contributed by atoms with E-state index in [4.69, 9.17) is 4.42 Å². The third-order valence-electron chi connectivity index (χ3n) is 10.7. The van der Waals surface area contributed by atoms with E-state index in [2.05, 4.69) is 170 Å². The van der Waals surface area contributed by atoms with Crippen molar-refractivity contribution in [1.29, 1.82) is 0 Å². The topological polar surface area (TPSA) is 16.4 Å². The van der Waals surface area contributed by atoms with Crippen LogP contribution in [0.3, 0.4) is 0 Å². The van der Waals surface area contributed by atoms with Gasteiger partial charge in [0.1, 0.15) is 11.2 Å². The minimum absolute atomic E-state index is 0.0995. The number of benzene rings is 8. The second-order valence-electron chi connectivity index (χ2n) is 13.8. The molecule has 0 unspecified atom stereocenters. The van der Waals surface area contributed by atoms with Crippen molar-refractivity contribution in [3.8, 4) is 22.3 Å². The SMILES string of the molecule is CC1(C)c2ccccc2-c2ccc(N(c3ccc(-c4ccccc4)cc3)c3cccc4c3ccc3cc5c(cc34)oc3ccccc35)cc21. The third-order valence-corrected chi connectivity index (χ3v) is 10.7. The number of anilines is 3. The van der Waals surface area contributed by atoms with Crippen molar-refractivity contribution < 1.29 is 4.42 Å². The summed E-state index contributed by atoms with van der Waals surface area (Å²) in [6.07, 6.45) is 0. The van der Waals surface area contributed by atoms with Gasteiger partial charge in [0.2, 0.25) is 0 Å². The fourth-order valence-corrected chi connectivity index (χ4v) is 8.18. The molecule has 0 atom stereocenters. The van der Waals surface area contributed by atoms with Crippen LogP contribution in [0.1, 0.15) is 25.0 Å². The highest BCUT2D eigenvalue weighted by Gasteiger charge is 2.35. The van der Waals surface area contributed by atoms with Crippen LogP contribution in [-0.2, 0) is 5.41 Å². The first-order valence-electron chi connectivity index (χ1n) is 17.0. The summed E-state index contributed by atoms with van der Waals surface area (Å²) in [5, 5.41) is 7.11. The molecule has 10 rings (SSSR count). The van der Waals surface area contributed by atoms with Gasteiger partial charge >= 0.3 is 0 Å². The number of hydrogen-bond donors (Lipinski definition) is 0. The van der Waals surface area contributed by atoms with Crippen molar-refractivity contribution in [3.05, 3.63) is 175 Å². The number of nitrogens with zero attached hydrogens (tertiary/aromatic N) is 1. The van der Waals surface area contributed by atoms with Gasteiger partial charge in [-0.2, -0.15) is 0 Å². The van der Waals surface area contributed by atoms with Gasteiger partial charge in [0.25, 0.3) is 0 Å². The Hall–Kier alpha value is -6.12. The molecule has 49 heavy (non-hydrogen) atoms. The molecule has 8 aromatic carbocycles. The third kappa shape index (κ3) is 4.20. The molecule has 1 heterocycles. The maximum absolute atomic E-state index is 6.35. The highest BCUT2D eigenvalue weighted by molar-refractivity contribution is 6.18. The van der Waals surface area contributed by atoms with E-state index < -0.39 is 0 Å². The number of hydrogen-bond acceptors (Lipinski definition) is 2. The monoisotopic (exact) mass is 627 g/mol. The summed E-state index contributed by atoms with van der Waals surface area (Å²) in [5.41, 5.74) is 13.0. The van der Waals surface area contributed by atoms with Crippen LogP contribution in [0.15, 0.2) is 168 Å². The molecule has 1 aromatic heterocycles. The van der Waals surface area contributed by atoms with Gasteiger partial charge in [-0.15, -0.1) is 0 Å². The van der Waals surface area contributed by atoms with Crippen molar-refractivity contribution in [3.63, 3.8) is 0 Å². The first-order valence-corrected chi connectivity index (χ1v) is 17.0. The maximum Gasteiger partial charge on any atom is 0.136 e. The molecule has 0 aliphatic heterocycles. The Morgan fingerprint density at radius 1 is 0.429 bits per heavy atom. The highest BCUT2D eigenvalue weighted by atomic mass is 16.3. The first-order chi connectivity index (χ1) is 24.0. The molecule has 0 bridgehead atoms. The fourth-order valence-electron chi connectivity index (χ4n) is 8.18. The molecule has 2 nitrogen and oxygen atoms in total. The van der Waals surface area contributed by atoms with Gasteiger partial charge in [0.05, 0.1) is 5.69 Å². The van der Waals surface area contributed by atoms with Crippen LogP contribution >= 0.6 is 0 Å². The van der Waals surface area contributed by atoms with E-state index in [1.165, 1.54) is 54.9 Å². The zero-order valence-electron chi connectivity index (χ0n) is 27.4. The van der Waals surface area contributed by atoms with Gasteiger partial charge in [-0.3, -0.25) is 0 Å². The summed E-state index contributed by atoms with van der Waals surface area (Å²) >= 11 is 0. The van der Waals surface area contributed by atoms with E-state index in [-0.39, 0.29) is 5.41 Å². The van der Waals surface area contributed by atoms with Crippen LogP contribution in [0.25, 0.3) is 65.7 Å². The van der Waals surface area contributed by atoms with Gasteiger partial charge < -0.3 is 9.32 Å². The number of fused-ring (bicyclic) bond motifs is 9. The Kier molecular flexibility index (Phi) is 5.95. The number of furan rings is 1. The maximum atomic E-state index is 6.35. The summed E-state index contributed by atoms with van der Waals surface area (Å²) in [5.74, 6) is 0. The van der Waals surface area contributed by atoms with Crippen molar-refractivity contribution in [1.82, 2.24) is 0 Å². The standard InChI is InChI=1S/C47H33NO/c1-47(2)42-16-8-6-13-36(42)37-26-24-34(28-43(37)47)48(33-22-19-31(20-23-33)30-11-4-3-5-12-30)44-17-10-15-35-38(44)25-21-32-27-41-39-14-7-9-18-45(39)49-46(41)29-40(32)35/h3-29H,1-2H3. The molecule has 2 heteroatoms. The van der Waals surface area contributed by atoms with Crippen LogP contribution in [0, 0.1) is 0 Å². The van der Waals surface area contributed by atoms with E-state index >= 15 is 0 Å². The average Bonchev–Trinajstić information content (AvgIpc) is 3.62. The smallest absolute Gasteiger partial charge is 0.136 e. The Morgan fingerprint density at radius 3 is 2.02 bits per heavy atom. The Balaban J connectivity index is 1.19. The highest BCUT2D eigenvalue weighted by Crippen LogP contribution is 2.51. The molecule has 232 valence electrons. The lowest BCUT2D eigenvalue weighted by Crippen LogP contribution is -2.16. The van der Waals surface area contributed by atoms with Crippen LogP contribution in [0.2, 0.25) is 0 Å². The second kappa shape index (κ2) is 10.4. The van der Waals surface area contributed by atoms with Gasteiger partial charge in [-0.25, -0.2) is 0 Å². The Morgan fingerprint density at radius 2 is 1.14 bits per heavy atom. The van der Waals surface area contributed by atoms with Crippen molar-refractivity contribution in [2.45, 2.75) is 19.3 Å². The van der Waals surface area contributed by atoms with Gasteiger partial charge in [0.15, 0.2) is 0 Å². The van der Waals surface area contributed by atoms with E-state index in [0.717, 1.165) is 39.0 Å². The van der Waals surface area contributed by atoms with Gasteiger partial charge in [0, 0.05) is 32.9 Å². The molecule has 9 aromatic rings. The van der Waals surface area contributed by atoms with Crippen LogP contribution < -0.4 is 4.90 Å². The van der Waals surface area contributed by atoms with Crippen molar-refractivity contribution in [2.75, 3.05) is 4.90 Å². The fraction of sp³-hybridized carbons (Fsp3) is 0.0638. The summed E-state index contributed by atoms with van der Waals surface area (Å²) < 4.78 is 6.35. The molecule has 0 saturated heterocycles. The minimum atomic E-state index is -0.0995. The van der Waals surface area contributed by atoms with Gasteiger partial charge in [-0.1, -0.05) is 129 Å². The predicted molar refractivity (Wildman–Crippen MR) is 206 cm³/mol. The zero-order valence-corrected chi connectivity index (χ0v) is 27.4. The lowest BCUT2D eigenvalue weighted by Gasteiger charge is -2.29. The number of rotatable bonds is 4. The summed E-state index contributed by atoms with van der Waals surface area (Å²) in [6.45, 7) is 4.70. The van der Waals surface area contributed by atoms with Crippen molar-refractivity contribution in [2.24, 2.45) is 0 Å². The van der Waals surface area contributed by atoms with Crippen LogP contribution in [0.5, 0.6) is 0 Å². The minimum Gasteiger partial charge on any atom is -0.456 e. The Labute approximate surface area is 285 Å². The van der Waals surface area contributed by atoms with E-state index in [0.29, 0.717) is 0 Å². The molecule has 0 fully saturated rings. The molecule has 0 radical (unpaired) electrons. The van der Waals surface area contributed by atoms with E-state index in [1.807, 2.05) is 12.1 Å². The molecule has 1 aliphatic rings. The van der Waals surface area contributed by atoms with E-state index in [9.17, 15) is 0 Å². The normalized spacial score (nSPS) is 13.3. The quantitative estimate of drug-likeness (QED) is 0.181. The predicted octanol–water partition coefficient (Wildman–Crippen LogP) is 13.3. The van der Waals surface area contributed by atoms with Gasteiger partial charge in [-0.05, 0) is 98.1 Å². The number of para-hydroxylation sites is 1. The van der Waals surface area contributed by atoms with Crippen LogP contribution in [0.4, 0.5) is 17.1 Å². The molecular formula is C47H33NO. The molecule has 1 aliphatic carbocycles. The summed E-state index contributed by atoms with van der Waals surface area (Å²) in [6, 6.07) is 59.5. The largest absolute Gasteiger partial charge is 0.456 e. The second-order valence-corrected chi connectivity index (χ2v) is 13.8. The molecule has 0 N–H and O–H groups in total. The van der Waals surface area contributed by atoms with Crippen molar-refractivity contribution >= 4 is 60.5 Å². The molecule has 0 amide bonds. The Bertz CT molecular complexity index is 2730. The van der Waals surface area contributed by atoms with E-state index in [1.54, 1.807) is 0 Å². The van der Waals surface area contributed by atoms with Crippen LogP contribution in [-0.4, -0.2) is 0 Å². The average molecular weight is 628 g/mol. The summed E-state index contributed by atoms with van der Waals surface area (Å²) in [4.78, 5) is 2.43. The zero-order chi connectivity index (χ0) is 32.7. The first kappa shape index (κ1) is 27.9. The lowest BCUT2D eigenvalue weighted by atomic mass is 9.82. The lowest BCUT2D eigenvalue weighted by molar-refractivity contribution is 0.660. The summed E-state index contributed by atoms with van der Waals surface area (Å²) in [7, 11) is 0. The molecular weight excluding hydrogens is 595 g/mol. The molecule has 0 saturated carbocycles.